The van der Waals surface area contributed by atoms with Crippen molar-refractivity contribution in [1.82, 2.24) is 14.4 Å². The molecule has 0 bridgehead atoms. The lowest BCUT2D eigenvalue weighted by Gasteiger charge is -2.22. The minimum atomic E-state index is -0.280. The normalized spacial score (nSPS) is 11.7. The van der Waals surface area contributed by atoms with Crippen molar-refractivity contribution in [2.24, 2.45) is 0 Å². The first-order valence-electron chi connectivity index (χ1n) is 8.75. The number of nitrogens with zero attached hydrogens (tertiary/aromatic N) is 3. The Hall–Kier alpha value is -2.86. The summed E-state index contributed by atoms with van der Waals surface area (Å²) in [5.74, 6) is 1.53. The van der Waals surface area contributed by atoms with E-state index in [1.54, 1.807) is 17.5 Å². The predicted octanol–water partition coefficient (Wildman–Crippen LogP) is 5.21. The highest BCUT2D eigenvalue weighted by Crippen LogP contribution is 2.35. The molecule has 0 aliphatic carbocycles. The molecule has 3 aromatic heterocycles. The Labute approximate surface area is 162 Å². The molecule has 0 saturated heterocycles. The van der Waals surface area contributed by atoms with Crippen molar-refractivity contribution in [2.75, 3.05) is 0 Å². The number of imidazole rings is 1. The highest BCUT2D eigenvalue weighted by molar-refractivity contribution is 7.07. The molecule has 5 nitrogen and oxygen atoms in total. The van der Waals surface area contributed by atoms with Gasteiger partial charge in [0.25, 0.3) is 0 Å². The van der Waals surface area contributed by atoms with Gasteiger partial charge in [-0.25, -0.2) is 9.97 Å². The van der Waals surface area contributed by atoms with E-state index in [4.69, 9.17) is 9.47 Å². The van der Waals surface area contributed by atoms with E-state index in [0.717, 1.165) is 34.1 Å². The Bertz CT molecular complexity index is 1050. The zero-order valence-electron chi connectivity index (χ0n) is 15.5. The van der Waals surface area contributed by atoms with Crippen LogP contribution in [0.25, 0.3) is 16.9 Å². The van der Waals surface area contributed by atoms with E-state index < -0.39 is 0 Å². The van der Waals surface area contributed by atoms with Gasteiger partial charge in [0, 0.05) is 29.4 Å². The molecule has 0 radical (unpaired) electrons. The van der Waals surface area contributed by atoms with Crippen molar-refractivity contribution < 1.29 is 9.47 Å². The second kappa shape index (κ2) is 7.04. The minimum absolute atomic E-state index is 0.280. The van der Waals surface area contributed by atoms with Gasteiger partial charge < -0.3 is 9.47 Å². The average Bonchev–Trinajstić information content (AvgIpc) is 3.30. The van der Waals surface area contributed by atoms with Crippen LogP contribution in [0.1, 0.15) is 26.5 Å². The number of hydrogen-bond acceptors (Lipinski definition) is 5. The molecule has 0 aliphatic rings. The van der Waals surface area contributed by atoms with Crippen molar-refractivity contribution in [1.29, 1.82) is 0 Å². The SMILES string of the molecule is CC(C)(C)Oc1ccc(-c2cccc3nccn23)c(OCc2cscn2)c1. The summed E-state index contributed by atoms with van der Waals surface area (Å²) in [6.45, 7) is 6.50. The minimum Gasteiger partial charge on any atom is -0.488 e. The second-order valence-electron chi connectivity index (χ2n) is 7.21. The first-order chi connectivity index (χ1) is 13.0. The van der Waals surface area contributed by atoms with E-state index in [-0.39, 0.29) is 5.60 Å². The number of pyridine rings is 1. The lowest BCUT2D eigenvalue weighted by molar-refractivity contribution is 0.130. The standard InChI is InChI=1S/C21H21N3O2S/c1-21(2,3)26-16-7-8-17(18-5-4-6-20-22-9-10-24(18)20)19(11-16)25-12-15-13-27-14-23-15/h4-11,13-14H,12H2,1-3H3. The highest BCUT2D eigenvalue weighted by Gasteiger charge is 2.16. The van der Waals surface area contributed by atoms with Gasteiger partial charge in [-0.1, -0.05) is 6.07 Å². The Morgan fingerprint density at radius 1 is 1.11 bits per heavy atom. The van der Waals surface area contributed by atoms with Crippen LogP contribution >= 0.6 is 11.3 Å². The summed E-state index contributed by atoms with van der Waals surface area (Å²) in [4.78, 5) is 8.68. The van der Waals surface area contributed by atoms with Crippen LogP contribution in [-0.4, -0.2) is 20.0 Å². The molecule has 1 aromatic carbocycles. The topological polar surface area (TPSA) is 48.7 Å². The maximum Gasteiger partial charge on any atom is 0.137 e. The van der Waals surface area contributed by atoms with Crippen LogP contribution < -0.4 is 9.47 Å². The highest BCUT2D eigenvalue weighted by atomic mass is 32.1. The van der Waals surface area contributed by atoms with Crippen LogP contribution in [0.3, 0.4) is 0 Å². The van der Waals surface area contributed by atoms with Gasteiger partial charge in [-0.2, -0.15) is 0 Å². The number of aromatic nitrogens is 3. The number of benzene rings is 1. The van der Waals surface area contributed by atoms with E-state index in [1.807, 2.05) is 68.2 Å². The number of fused-ring (bicyclic) bond motifs is 1. The zero-order chi connectivity index (χ0) is 18.9. The van der Waals surface area contributed by atoms with Gasteiger partial charge in [0.1, 0.15) is 29.4 Å². The van der Waals surface area contributed by atoms with Crippen molar-refractivity contribution >= 4 is 17.0 Å². The molecule has 3 heterocycles. The summed E-state index contributed by atoms with van der Waals surface area (Å²) < 4.78 is 14.2. The fourth-order valence-electron chi connectivity index (χ4n) is 2.88. The Kier molecular flexibility index (Phi) is 4.58. The van der Waals surface area contributed by atoms with E-state index in [1.165, 1.54) is 0 Å². The molecule has 0 spiro atoms. The maximum absolute atomic E-state index is 6.15. The van der Waals surface area contributed by atoms with Gasteiger partial charge in [-0.15, -0.1) is 11.3 Å². The fourth-order valence-corrected chi connectivity index (χ4v) is 3.42. The smallest absolute Gasteiger partial charge is 0.137 e. The molecule has 27 heavy (non-hydrogen) atoms. The maximum atomic E-state index is 6.15. The largest absolute Gasteiger partial charge is 0.488 e. The van der Waals surface area contributed by atoms with E-state index >= 15 is 0 Å². The zero-order valence-corrected chi connectivity index (χ0v) is 16.4. The van der Waals surface area contributed by atoms with Gasteiger partial charge >= 0.3 is 0 Å². The summed E-state index contributed by atoms with van der Waals surface area (Å²) in [6, 6.07) is 12.0. The van der Waals surface area contributed by atoms with Crippen molar-refractivity contribution in [3.63, 3.8) is 0 Å². The van der Waals surface area contributed by atoms with E-state index in [9.17, 15) is 0 Å². The van der Waals surface area contributed by atoms with Crippen molar-refractivity contribution in [3.8, 4) is 22.8 Å². The molecule has 6 heteroatoms. The molecule has 0 unspecified atom stereocenters. The molecule has 0 atom stereocenters. The monoisotopic (exact) mass is 379 g/mol. The number of rotatable bonds is 5. The third kappa shape index (κ3) is 3.95. The van der Waals surface area contributed by atoms with Gasteiger partial charge in [0.05, 0.1) is 16.9 Å². The van der Waals surface area contributed by atoms with Crippen molar-refractivity contribution in [2.45, 2.75) is 33.0 Å². The predicted molar refractivity (Wildman–Crippen MR) is 107 cm³/mol. The van der Waals surface area contributed by atoms with Gasteiger partial charge in [-0.05, 0) is 45.0 Å². The quantitative estimate of drug-likeness (QED) is 0.477. The fraction of sp³-hybridized carbons (Fsp3) is 0.238. The van der Waals surface area contributed by atoms with E-state index in [0.29, 0.717) is 6.61 Å². The molecule has 4 aromatic rings. The molecular weight excluding hydrogens is 358 g/mol. The molecule has 0 aliphatic heterocycles. The van der Waals surface area contributed by atoms with Crippen LogP contribution in [-0.2, 0) is 6.61 Å². The summed E-state index contributed by atoms with van der Waals surface area (Å²) in [7, 11) is 0. The second-order valence-corrected chi connectivity index (χ2v) is 7.93. The lowest BCUT2D eigenvalue weighted by atomic mass is 10.1. The Morgan fingerprint density at radius 2 is 2.00 bits per heavy atom. The molecule has 0 saturated carbocycles. The Balaban J connectivity index is 1.76. The van der Waals surface area contributed by atoms with Gasteiger partial charge in [0.2, 0.25) is 0 Å². The number of hydrogen-bond donors (Lipinski definition) is 0. The summed E-state index contributed by atoms with van der Waals surface area (Å²) in [6.07, 6.45) is 3.75. The van der Waals surface area contributed by atoms with Crippen LogP contribution in [0.15, 0.2) is 59.7 Å². The van der Waals surface area contributed by atoms with E-state index in [2.05, 4.69) is 20.4 Å². The first-order valence-corrected chi connectivity index (χ1v) is 9.69. The van der Waals surface area contributed by atoms with Gasteiger partial charge in [-0.3, -0.25) is 4.40 Å². The molecule has 0 fully saturated rings. The number of ether oxygens (including phenoxy) is 2. The summed E-state index contributed by atoms with van der Waals surface area (Å²) in [5, 5.41) is 1.99. The molecule has 4 rings (SSSR count). The Morgan fingerprint density at radius 3 is 2.78 bits per heavy atom. The van der Waals surface area contributed by atoms with Crippen molar-refractivity contribution in [3.05, 3.63) is 65.4 Å². The van der Waals surface area contributed by atoms with Crippen LogP contribution in [0.4, 0.5) is 0 Å². The molecular formula is C21H21N3O2S. The third-order valence-electron chi connectivity index (χ3n) is 3.94. The van der Waals surface area contributed by atoms with Gasteiger partial charge in [0.15, 0.2) is 0 Å². The molecule has 0 amide bonds. The molecule has 0 N–H and O–H groups in total. The van der Waals surface area contributed by atoms with Crippen LogP contribution in [0.2, 0.25) is 0 Å². The average molecular weight is 379 g/mol. The summed E-state index contributed by atoms with van der Waals surface area (Å²) in [5.41, 5.74) is 5.33. The summed E-state index contributed by atoms with van der Waals surface area (Å²) >= 11 is 1.56. The molecule has 138 valence electrons. The third-order valence-corrected chi connectivity index (χ3v) is 4.58. The van der Waals surface area contributed by atoms with Crippen LogP contribution in [0, 0.1) is 0 Å². The number of thiazole rings is 1. The van der Waals surface area contributed by atoms with Crippen LogP contribution in [0.5, 0.6) is 11.5 Å². The first kappa shape index (κ1) is 17.5. The lowest BCUT2D eigenvalue weighted by Crippen LogP contribution is -2.22.